The third kappa shape index (κ3) is 6.45. The van der Waals surface area contributed by atoms with Crippen molar-refractivity contribution in [3.63, 3.8) is 0 Å². The number of ether oxygens (including phenoxy) is 1. The zero-order chi connectivity index (χ0) is 14.1. The van der Waals surface area contributed by atoms with Gasteiger partial charge in [-0.05, 0) is 24.1 Å². The molecule has 1 rings (SSSR count). The Hall–Kier alpha value is -2.04. The molecule has 0 saturated heterocycles. The Labute approximate surface area is 112 Å². The largest absolute Gasteiger partial charge is 0.482 e. The molecule has 0 fully saturated rings. The van der Waals surface area contributed by atoms with Crippen molar-refractivity contribution in [2.24, 2.45) is 0 Å². The van der Waals surface area contributed by atoms with Crippen LogP contribution < -0.4 is 10.1 Å². The maximum atomic E-state index is 11.6. The molecule has 1 amide bonds. The van der Waals surface area contributed by atoms with Crippen molar-refractivity contribution < 1.29 is 19.4 Å². The molecule has 0 aromatic heterocycles. The number of hydrogen-bond acceptors (Lipinski definition) is 3. The Morgan fingerprint density at radius 1 is 1.37 bits per heavy atom. The van der Waals surface area contributed by atoms with Crippen molar-refractivity contribution in [2.45, 2.75) is 26.2 Å². The fourth-order valence-corrected chi connectivity index (χ4v) is 1.54. The maximum absolute atomic E-state index is 11.6. The van der Waals surface area contributed by atoms with Crippen LogP contribution in [0.3, 0.4) is 0 Å². The second-order valence-electron chi connectivity index (χ2n) is 4.21. The lowest BCUT2D eigenvalue weighted by molar-refractivity contribution is -0.139. The molecule has 2 N–H and O–H groups in total. The Balaban J connectivity index is 2.47. The van der Waals surface area contributed by atoms with Gasteiger partial charge in [-0.25, -0.2) is 4.79 Å². The van der Waals surface area contributed by atoms with Gasteiger partial charge < -0.3 is 15.2 Å². The van der Waals surface area contributed by atoms with E-state index in [9.17, 15) is 9.59 Å². The number of benzene rings is 1. The zero-order valence-corrected chi connectivity index (χ0v) is 11.0. The minimum atomic E-state index is -1.03. The molecule has 5 nitrogen and oxygen atoms in total. The molecule has 0 unspecified atom stereocenters. The number of hydrogen-bond donors (Lipinski definition) is 2. The predicted molar refractivity (Wildman–Crippen MR) is 71.2 cm³/mol. The van der Waals surface area contributed by atoms with Gasteiger partial charge in [0.1, 0.15) is 5.75 Å². The van der Waals surface area contributed by atoms with E-state index in [0.29, 0.717) is 12.3 Å². The molecule has 1 aromatic carbocycles. The number of carbonyl (C=O) groups is 2. The second-order valence-corrected chi connectivity index (χ2v) is 4.21. The summed E-state index contributed by atoms with van der Waals surface area (Å²) in [5.74, 6) is -0.604. The van der Waals surface area contributed by atoms with E-state index in [0.717, 1.165) is 18.4 Å². The molecule has 0 aliphatic carbocycles. The van der Waals surface area contributed by atoms with Gasteiger partial charge in [0.25, 0.3) is 0 Å². The highest BCUT2D eigenvalue weighted by Crippen LogP contribution is 2.13. The molecule has 0 radical (unpaired) electrons. The molecule has 19 heavy (non-hydrogen) atoms. The van der Waals surface area contributed by atoms with Crippen molar-refractivity contribution in [1.29, 1.82) is 0 Å². The van der Waals surface area contributed by atoms with E-state index >= 15 is 0 Å². The lowest BCUT2D eigenvalue weighted by Crippen LogP contribution is -2.25. The molecule has 0 saturated carbocycles. The number of carbonyl (C=O) groups excluding carboxylic acids is 1. The Morgan fingerprint density at radius 2 is 2.16 bits per heavy atom. The van der Waals surface area contributed by atoms with Gasteiger partial charge in [0.15, 0.2) is 6.61 Å². The predicted octanol–water partition coefficient (Wildman–Crippen LogP) is 1.61. The summed E-state index contributed by atoms with van der Waals surface area (Å²) in [6.07, 6.45) is 2.28. The molecular formula is C14H19NO4. The summed E-state index contributed by atoms with van der Waals surface area (Å²) < 4.78 is 5.06. The van der Waals surface area contributed by atoms with Crippen LogP contribution in [0.2, 0.25) is 0 Å². The van der Waals surface area contributed by atoms with Gasteiger partial charge in [-0.3, -0.25) is 4.79 Å². The van der Waals surface area contributed by atoms with Crippen LogP contribution in [0.1, 0.15) is 25.3 Å². The molecule has 0 atom stereocenters. The zero-order valence-electron chi connectivity index (χ0n) is 11.0. The molecular weight excluding hydrogens is 246 g/mol. The molecule has 1 aromatic rings. The monoisotopic (exact) mass is 265 g/mol. The highest BCUT2D eigenvalue weighted by Gasteiger charge is 2.05. The minimum absolute atomic E-state index is 0.0381. The SMILES string of the molecule is CCCCNC(=O)Cc1cccc(OCC(=O)O)c1. The smallest absolute Gasteiger partial charge is 0.341 e. The fraction of sp³-hybridized carbons (Fsp3) is 0.429. The van der Waals surface area contributed by atoms with Crippen molar-refractivity contribution in [1.82, 2.24) is 5.32 Å². The highest BCUT2D eigenvalue weighted by molar-refractivity contribution is 5.78. The third-order valence-corrected chi connectivity index (χ3v) is 2.48. The summed E-state index contributed by atoms with van der Waals surface area (Å²) in [5, 5.41) is 11.3. The number of carboxylic acid groups (broad SMARTS) is 1. The van der Waals surface area contributed by atoms with Crippen LogP contribution >= 0.6 is 0 Å². The fourth-order valence-electron chi connectivity index (χ4n) is 1.54. The maximum Gasteiger partial charge on any atom is 0.341 e. The Bertz CT molecular complexity index is 431. The summed E-state index contributed by atoms with van der Waals surface area (Å²) in [6.45, 7) is 2.37. The molecule has 0 bridgehead atoms. The van der Waals surface area contributed by atoms with Gasteiger partial charge in [0.05, 0.1) is 6.42 Å². The summed E-state index contributed by atoms with van der Waals surface area (Å²) >= 11 is 0. The molecule has 5 heteroatoms. The first-order valence-corrected chi connectivity index (χ1v) is 6.32. The molecule has 0 spiro atoms. The Kier molecular flexibility index (Phi) is 6.43. The number of rotatable bonds is 8. The standard InChI is InChI=1S/C14H19NO4/c1-2-3-7-15-13(16)9-11-5-4-6-12(8-11)19-10-14(17)18/h4-6,8H,2-3,7,9-10H2,1H3,(H,15,16)(H,17,18). The molecule has 0 aliphatic rings. The first-order chi connectivity index (χ1) is 9.11. The molecule has 0 aliphatic heterocycles. The van der Waals surface area contributed by atoms with Crippen molar-refractivity contribution >= 4 is 11.9 Å². The van der Waals surface area contributed by atoms with E-state index in [4.69, 9.17) is 9.84 Å². The summed E-state index contributed by atoms with van der Waals surface area (Å²) in [5.41, 5.74) is 0.803. The summed E-state index contributed by atoms with van der Waals surface area (Å²) in [7, 11) is 0. The van der Waals surface area contributed by atoms with Gasteiger partial charge in [-0.15, -0.1) is 0 Å². The van der Waals surface area contributed by atoms with Gasteiger partial charge in [-0.1, -0.05) is 25.5 Å². The van der Waals surface area contributed by atoms with Gasteiger partial charge in [0.2, 0.25) is 5.91 Å². The van der Waals surface area contributed by atoms with E-state index in [1.807, 2.05) is 6.07 Å². The first kappa shape index (κ1) is 15.0. The van der Waals surface area contributed by atoms with Crippen molar-refractivity contribution in [3.8, 4) is 5.75 Å². The normalized spacial score (nSPS) is 9.95. The van der Waals surface area contributed by atoms with Gasteiger partial charge >= 0.3 is 5.97 Å². The second kappa shape index (κ2) is 8.13. The quantitative estimate of drug-likeness (QED) is 0.700. The van der Waals surface area contributed by atoms with E-state index in [2.05, 4.69) is 12.2 Å². The first-order valence-electron chi connectivity index (χ1n) is 6.32. The van der Waals surface area contributed by atoms with E-state index in [-0.39, 0.29) is 18.9 Å². The van der Waals surface area contributed by atoms with E-state index < -0.39 is 5.97 Å². The number of nitrogens with one attached hydrogen (secondary N) is 1. The van der Waals surface area contributed by atoms with E-state index in [1.165, 1.54) is 0 Å². The van der Waals surface area contributed by atoms with Crippen LogP contribution in [0.25, 0.3) is 0 Å². The van der Waals surface area contributed by atoms with Crippen molar-refractivity contribution in [3.05, 3.63) is 29.8 Å². The number of aliphatic carboxylic acids is 1. The van der Waals surface area contributed by atoms with Crippen LogP contribution in [-0.4, -0.2) is 30.1 Å². The molecule has 104 valence electrons. The topological polar surface area (TPSA) is 75.6 Å². The number of unbranched alkanes of at least 4 members (excludes halogenated alkanes) is 1. The average Bonchev–Trinajstić information content (AvgIpc) is 2.37. The van der Waals surface area contributed by atoms with Crippen LogP contribution in [0.15, 0.2) is 24.3 Å². The Morgan fingerprint density at radius 3 is 2.84 bits per heavy atom. The lowest BCUT2D eigenvalue weighted by atomic mass is 10.1. The molecule has 0 heterocycles. The number of amides is 1. The van der Waals surface area contributed by atoms with E-state index in [1.54, 1.807) is 18.2 Å². The van der Waals surface area contributed by atoms with Crippen LogP contribution in [0.5, 0.6) is 5.75 Å². The third-order valence-electron chi connectivity index (χ3n) is 2.48. The van der Waals surface area contributed by atoms with Gasteiger partial charge in [0, 0.05) is 6.54 Å². The summed E-state index contributed by atoms with van der Waals surface area (Å²) in [6, 6.07) is 6.91. The van der Waals surface area contributed by atoms with Crippen LogP contribution in [0.4, 0.5) is 0 Å². The average molecular weight is 265 g/mol. The highest BCUT2D eigenvalue weighted by atomic mass is 16.5. The summed E-state index contributed by atoms with van der Waals surface area (Å²) in [4.78, 5) is 22.0. The van der Waals surface area contributed by atoms with Crippen LogP contribution in [-0.2, 0) is 16.0 Å². The minimum Gasteiger partial charge on any atom is -0.482 e. The van der Waals surface area contributed by atoms with Gasteiger partial charge in [-0.2, -0.15) is 0 Å². The number of carboxylic acids is 1. The lowest BCUT2D eigenvalue weighted by Gasteiger charge is -2.07. The van der Waals surface area contributed by atoms with Crippen LogP contribution in [0, 0.1) is 0 Å². The van der Waals surface area contributed by atoms with Crippen molar-refractivity contribution in [2.75, 3.05) is 13.2 Å².